The first kappa shape index (κ1) is 10.2. The summed E-state index contributed by atoms with van der Waals surface area (Å²) in [5, 5.41) is 18.2. The number of hydrogen-bond donors (Lipinski definition) is 2. The van der Waals surface area contributed by atoms with Crippen LogP contribution in [-0.4, -0.2) is 29.1 Å². The van der Waals surface area contributed by atoms with Crippen LogP contribution in [0.1, 0.15) is 6.42 Å². The molecule has 1 unspecified atom stereocenters. The summed E-state index contributed by atoms with van der Waals surface area (Å²) in [6.45, 7) is 0. The molecular formula is C8H9ClO4. The molecule has 0 bridgehead atoms. The lowest BCUT2D eigenvalue weighted by atomic mass is 10.0. The number of methoxy groups -OCH3 is 1. The van der Waals surface area contributed by atoms with E-state index in [1.807, 2.05) is 0 Å². The molecule has 0 saturated carbocycles. The Kier molecular flexibility index (Phi) is 2.75. The van der Waals surface area contributed by atoms with Gasteiger partial charge < -0.3 is 14.9 Å². The van der Waals surface area contributed by atoms with E-state index < -0.39 is 11.8 Å². The third-order valence-corrected chi connectivity index (χ3v) is 2.13. The lowest BCUT2D eigenvalue weighted by Crippen LogP contribution is -2.31. The van der Waals surface area contributed by atoms with E-state index in [1.165, 1.54) is 19.3 Å². The first-order chi connectivity index (χ1) is 5.98. The Hall–Kier alpha value is -0.840. The van der Waals surface area contributed by atoms with Crippen molar-refractivity contribution in [3.05, 3.63) is 22.8 Å². The van der Waals surface area contributed by atoms with Gasteiger partial charge in [-0.05, 0) is 12.2 Å². The van der Waals surface area contributed by atoms with Crippen molar-refractivity contribution in [2.45, 2.75) is 12.2 Å². The van der Waals surface area contributed by atoms with E-state index >= 15 is 0 Å². The molecule has 1 atom stereocenters. The number of aliphatic carboxylic acids is 1. The Balaban J connectivity index is 2.93. The lowest BCUT2D eigenvalue weighted by molar-refractivity contribution is -0.145. The minimum atomic E-state index is -1.48. The molecule has 1 aliphatic rings. The highest BCUT2D eigenvalue weighted by Gasteiger charge is 2.30. The van der Waals surface area contributed by atoms with Crippen LogP contribution in [0, 0.1) is 0 Å². The van der Waals surface area contributed by atoms with Gasteiger partial charge in [-0.2, -0.15) is 0 Å². The van der Waals surface area contributed by atoms with E-state index in [1.54, 1.807) is 0 Å². The maximum atomic E-state index is 10.5. The quantitative estimate of drug-likeness (QED) is 0.655. The fourth-order valence-corrected chi connectivity index (χ4v) is 1.34. The van der Waals surface area contributed by atoms with Crippen molar-refractivity contribution in [2.24, 2.45) is 0 Å². The second-order valence-corrected chi connectivity index (χ2v) is 3.14. The summed E-state index contributed by atoms with van der Waals surface area (Å²) >= 11 is 5.65. The van der Waals surface area contributed by atoms with Crippen molar-refractivity contribution in [1.29, 1.82) is 0 Å². The number of carboxylic acid groups (broad SMARTS) is 1. The molecule has 0 saturated heterocycles. The topological polar surface area (TPSA) is 66.8 Å². The van der Waals surface area contributed by atoms with Crippen LogP contribution in [0.5, 0.6) is 0 Å². The number of carboxylic acids is 1. The molecule has 4 nitrogen and oxygen atoms in total. The van der Waals surface area contributed by atoms with Crippen LogP contribution in [0.4, 0.5) is 0 Å². The molecule has 0 amide bonds. The minimum absolute atomic E-state index is 0.0107. The molecule has 0 fully saturated rings. The van der Waals surface area contributed by atoms with Crippen molar-refractivity contribution in [3.63, 3.8) is 0 Å². The molecule has 0 aromatic rings. The number of carbonyl (C=O) groups is 1. The van der Waals surface area contributed by atoms with Gasteiger partial charge in [-0.1, -0.05) is 11.6 Å². The third-order valence-electron chi connectivity index (χ3n) is 1.80. The average molecular weight is 205 g/mol. The molecule has 0 heterocycles. The molecule has 5 heteroatoms. The Labute approximate surface area is 80.1 Å². The highest BCUT2D eigenvalue weighted by molar-refractivity contribution is 6.32. The van der Waals surface area contributed by atoms with Gasteiger partial charge in [0.2, 0.25) is 0 Å². The summed E-state index contributed by atoms with van der Waals surface area (Å²) in [6.07, 6.45) is 2.46. The summed E-state index contributed by atoms with van der Waals surface area (Å²) in [5.41, 5.74) is -0.0107. The van der Waals surface area contributed by atoms with Crippen molar-refractivity contribution in [1.82, 2.24) is 0 Å². The van der Waals surface area contributed by atoms with E-state index in [0.29, 0.717) is 0 Å². The predicted octanol–water partition coefficient (Wildman–Crippen LogP) is 0.859. The van der Waals surface area contributed by atoms with Crippen LogP contribution < -0.4 is 0 Å². The standard InChI is InChI=1S/C8H9ClO4/c1-13-8(12)3-2-5(7(10)11)6(9)4-8/h2-3,12H,4H2,1H3,(H,10,11). The molecule has 2 N–H and O–H groups in total. The minimum Gasteiger partial charge on any atom is -0.478 e. The fourth-order valence-electron chi connectivity index (χ4n) is 1.01. The maximum absolute atomic E-state index is 10.5. The Morgan fingerprint density at radius 3 is 2.77 bits per heavy atom. The Morgan fingerprint density at radius 1 is 1.77 bits per heavy atom. The molecular weight excluding hydrogens is 196 g/mol. The van der Waals surface area contributed by atoms with Crippen LogP contribution in [0.25, 0.3) is 0 Å². The Morgan fingerprint density at radius 2 is 2.38 bits per heavy atom. The first-order valence-corrected chi connectivity index (χ1v) is 3.95. The second kappa shape index (κ2) is 3.49. The molecule has 0 spiro atoms. The third kappa shape index (κ3) is 2.09. The van der Waals surface area contributed by atoms with Gasteiger partial charge in [0.05, 0.1) is 5.57 Å². The average Bonchev–Trinajstić information content (AvgIpc) is 2.03. The number of ether oxygens (including phenoxy) is 1. The smallest absolute Gasteiger partial charge is 0.336 e. The fraction of sp³-hybridized carbons (Fsp3) is 0.375. The molecule has 0 aliphatic heterocycles. The SMILES string of the molecule is COC1(O)C=CC(C(=O)O)=C(Cl)C1. The summed E-state index contributed by atoms with van der Waals surface area (Å²) in [6, 6.07) is 0. The van der Waals surface area contributed by atoms with Crippen LogP contribution in [0.15, 0.2) is 22.8 Å². The summed E-state index contributed by atoms with van der Waals surface area (Å²) in [4.78, 5) is 10.5. The molecule has 72 valence electrons. The van der Waals surface area contributed by atoms with Crippen LogP contribution in [0.2, 0.25) is 0 Å². The van der Waals surface area contributed by atoms with Crippen molar-refractivity contribution in [3.8, 4) is 0 Å². The monoisotopic (exact) mass is 204 g/mol. The zero-order valence-corrected chi connectivity index (χ0v) is 7.71. The number of halogens is 1. The van der Waals surface area contributed by atoms with E-state index in [4.69, 9.17) is 21.4 Å². The van der Waals surface area contributed by atoms with Gasteiger partial charge in [0.15, 0.2) is 5.79 Å². The largest absolute Gasteiger partial charge is 0.478 e. The first-order valence-electron chi connectivity index (χ1n) is 3.57. The molecule has 1 rings (SSSR count). The lowest BCUT2D eigenvalue weighted by Gasteiger charge is -2.25. The summed E-state index contributed by atoms with van der Waals surface area (Å²) < 4.78 is 4.73. The van der Waals surface area contributed by atoms with E-state index in [0.717, 1.165) is 0 Å². The van der Waals surface area contributed by atoms with Gasteiger partial charge >= 0.3 is 5.97 Å². The van der Waals surface area contributed by atoms with Crippen LogP contribution in [-0.2, 0) is 9.53 Å². The molecule has 13 heavy (non-hydrogen) atoms. The summed E-state index contributed by atoms with van der Waals surface area (Å²) in [7, 11) is 1.32. The molecule has 0 radical (unpaired) electrons. The van der Waals surface area contributed by atoms with Crippen molar-refractivity contribution >= 4 is 17.6 Å². The van der Waals surface area contributed by atoms with E-state index in [2.05, 4.69) is 0 Å². The highest BCUT2D eigenvalue weighted by atomic mass is 35.5. The number of aliphatic hydroxyl groups is 1. The van der Waals surface area contributed by atoms with Gasteiger partial charge in [0, 0.05) is 18.6 Å². The zero-order chi connectivity index (χ0) is 10.1. The zero-order valence-electron chi connectivity index (χ0n) is 6.95. The Bertz CT molecular complexity index is 295. The van der Waals surface area contributed by atoms with Gasteiger partial charge in [-0.25, -0.2) is 4.79 Å². The normalized spacial score (nSPS) is 27.9. The van der Waals surface area contributed by atoms with Crippen LogP contribution >= 0.6 is 11.6 Å². The van der Waals surface area contributed by atoms with Crippen molar-refractivity contribution < 1.29 is 19.7 Å². The van der Waals surface area contributed by atoms with Crippen LogP contribution in [0.3, 0.4) is 0 Å². The van der Waals surface area contributed by atoms with Gasteiger partial charge in [-0.3, -0.25) is 0 Å². The molecule has 0 aromatic carbocycles. The number of hydrogen-bond acceptors (Lipinski definition) is 3. The maximum Gasteiger partial charge on any atom is 0.336 e. The molecule has 0 aromatic heterocycles. The van der Waals surface area contributed by atoms with Gasteiger partial charge in [0.1, 0.15) is 0 Å². The highest BCUT2D eigenvalue weighted by Crippen LogP contribution is 2.29. The van der Waals surface area contributed by atoms with Crippen molar-refractivity contribution in [2.75, 3.05) is 7.11 Å². The van der Waals surface area contributed by atoms with E-state index in [9.17, 15) is 9.90 Å². The molecule has 1 aliphatic carbocycles. The second-order valence-electron chi connectivity index (χ2n) is 2.68. The predicted molar refractivity (Wildman–Crippen MR) is 46.2 cm³/mol. The summed E-state index contributed by atoms with van der Waals surface area (Å²) in [5.74, 6) is -2.59. The van der Waals surface area contributed by atoms with Gasteiger partial charge in [-0.15, -0.1) is 0 Å². The number of rotatable bonds is 2. The van der Waals surface area contributed by atoms with E-state index in [-0.39, 0.29) is 17.0 Å². The van der Waals surface area contributed by atoms with Gasteiger partial charge in [0.25, 0.3) is 0 Å².